The van der Waals surface area contributed by atoms with Crippen molar-refractivity contribution in [1.29, 1.82) is 0 Å². The second-order valence-corrected chi connectivity index (χ2v) is 7.02. The van der Waals surface area contributed by atoms with Crippen molar-refractivity contribution in [2.45, 2.75) is 95.7 Å². The molecule has 0 bridgehead atoms. The first kappa shape index (κ1) is 41.3. The van der Waals surface area contributed by atoms with Crippen molar-refractivity contribution in [3.05, 3.63) is 78.1 Å². The maximum absolute atomic E-state index is 13.2. The van der Waals surface area contributed by atoms with E-state index in [4.69, 9.17) is 0 Å². The molecule has 0 radical (unpaired) electrons. The van der Waals surface area contributed by atoms with Gasteiger partial charge in [0.1, 0.15) is 11.6 Å². The molecule has 37 heavy (non-hydrogen) atoms. The Bertz CT molecular complexity index is 856. The molecule has 0 saturated heterocycles. The van der Waals surface area contributed by atoms with Crippen LogP contribution < -0.4 is 0 Å². The van der Waals surface area contributed by atoms with Crippen LogP contribution in [0.15, 0.2) is 76.8 Å². The van der Waals surface area contributed by atoms with E-state index in [-0.39, 0.29) is 11.6 Å². The van der Waals surface area contributed by atoms with Gasteiger partial charge >= 0.3 is 0 Å². The van der Waals surface area contributed by atoms with Gasteiger partial charge in [-0.1, -0.05) is 92.7 Å². The van der Waals surface area contributed by atoms with Gasteiger partial charge in [-0.2, -0.15) is 5.10 Å². The highest BCUT2D eigenvalue weighted by atomic mass is 19.1. The molecular weight excluding hydrogens is 468 g/mol. The summed E-state index contributed by atoms with van der Waals surface area (Å²) in [5, 5.41) is 16.0. The summed E-state index contributed by atoms with van der Waals surface area (Å²) >= 11 is 0. The van der Waals surface area contributed by atoms with Crippen LogP contribution in [-0.2, 0) is 0 Å². The van der Waals surface area contributed by atoms with Gasteiger partial charge in [-0.05, 0) is 57.0 Å². The molecule has 1 aliphatic rings. The van der Waals surface area contributed by atoms with Crippen LogP contribution >= 0.6 is 0 Å². The highest BCUT2D eigenvalue weighted by Gasteiger charge is 2.22. The highest BCUT2D eigenvalue weighted by Crippen LogP contribution is 2.25. The lowest BCUT2D eigenvalue weighted by atomic mass is 9.99. The number of benzene rings is 1. The molecule has 0 spiro atoms. The van der Waals surface area contributed by atoms with Crippen LogP contribution in [0.3, 0.4) is 0 Å². The van der Waals surface area contributed by atoms with Crippen molar-refractivity contribution in [2.75, 3.05) is 6.54 Å². The van der Waals surface area contributed by atoms with E-state index in [1.165, 1.54) is 30.8 Å². The number of hydrazone groups is 1. The Labute approximate surface area is 226 Å². The van der Waals surface area contributed by atoms with E-state index in [1.54, 1.807) is 37.2 Å². The number of aliphatic imine (C=N–C) groups is 1. The third-order valence-electron chi connectivity index (χ3n) is 3.88. The molecule has 0 saturated carbocycles. The number of aliphatic hydroxyl groups is 1. The van der Waals surface area contributed by atoms with Crippen LogP contribution in [-0.4, -0.2) is 34.8 Å². The van der Waals surface area contributed by atoms with Crippen LogP contribution in [0.2, 0.25) is 0 Å². The molecule has 1 aliphatic heterocycles. The van der Waals surface area contributed by atoms with Gasteiger partial charge in [0.25, 0.3) is 0 Å². The smallest absolute Gasteiger partial charge is 0.165 e. The minimum Gasteiger partial charge on any atom is -0.368 e. The van der Waals surface area contributed by atoms with Crippen LogP contribution in [0, 0.1) is 5.82 Å². The second-order valence-electron chi connectivity index (χ2n) is 7.02. The van der Waals surface area contributed by atoms with E-state index >= 15 is 0 Å². The standard InChI is InChI=1S/C15H17FN2O.C7H10FN.C3H8.3C2H6/c1-10(2)9-18-15(19)11(3)14(8-17-18)12-5-4-6-13(16)7-12;1-4-7(8)6(3)9-5-2;1-3-2;3*1-2/h4-8,15,19H,1,9H2,2-3H3;4-5H,2H2,1,3H3;3H2,1-2H3;3*1-2H3/b;7-4+,9-6?;;;;. The fourth-order valence-corrected chi connectivity index (χ4v) is 2.43. The number of hydrogen-bond acceptors (Lipinski definition) is 4. The number of aliphatic hydroxyl groups excluding tert-OH is 1. The molecular formula is C31H53F2N3O. The SMILES string of the molecule is C=C(C)CN1N=CC(c2cccc(F)c2)=C(C)C1O.C=CN=C(C)/C(F)=C\C.CC.CC.CC.CCC. The van der Waals surface area contributed by atoms with Gasteiger partial charge in [0, 0.05) is 11.8 Å². The lowest BCUT2D eigenvalue weighted by Crippen LogP contribution is -2.35. The largest absolute Gasteiger partial charge is 0.368 e. The van der Waals surface area contributed by atoms with Crippen LogP contribution in [0.4, 0.5) is 8.78 Å². The summed E-state index contributed by atoms with van der Waals surface area (Å²) in [7, 11) is 0. The van der Waals surface area contributed by atoms with E-state index < -0.39 is 6.23 Å². The summed E-state index contributed by atoms with van der Waals surface area (Å²) in [6.07, 6.45) is 4.78. The second kappa shape index (κ2) is 27.7. The quantitative estimate of drug-likeness (QED) is 0.310. The Morgan fingerprint density at radius 1 is 1.14 bits per heavy atom. The zero-order chi connectivity index (χ0) is 30.0. The van der Waals surface area contributed by atoms with E-state index in [0.717, 1.165) is 22.3 Å². The average molecular weight is 522 g/mol. The Morgan fingerprint density at radius 2 is 1.65 bits per heavy atom. The topological polar surface area (TPSA) is 48.2 Å². The van der Waals surface area contributed by atoms with Gasteiger partial charge in [0.15, 0.2) is 6.23 Å². The van der Waals surface area contributed by atoms with Gasteiger partial charge < -0.3 is 5.11 Å². The zero-order valence-electron chi connectivity index (χ0n) is 25.5. The summed E-state index contributed by atoms with van der Waals surface area (Å²) in [5.74, 6) is -0.597. The Kier molecular flexibility index (Phi) is 30.9. The molecule has 6 heteroatoms. The molecule has 1 aromatic carbocycles. The number of hydrogen-bond donors (Lipinski definition) is 1. The number of rotatable bonds is 5. The molecule has 1 heterocycles. The van der Waals surface area contributed by atoms with Gasteiger partial charge in [0.05, 0.1) is 18.5 Å². The number of nitrogens with zero attached hydrogens (tertiary/aromatic N) is 3. The Morgan fingerprint density at radius 3 is 2.05 bits per heavy atom. The van der Waals surface area contributed by atoms with Gasteiger partial charge in [0.2, 0.25) is 0 Å². The molecule has 4 nitrogen and oxygen atoms in total. The third kappa shape index (κ3) is 19.0. The normalized spacial score (nSPS) is 14.0. The maximum atomic E-state index is 13.2. The predicted molar refractivity (Wildman–Crippen MR) is 163 cm³/mol. The average Bonchev–Trinajstić information content (AvgIpc) is 2.90. The van der Waals surface area contributed by atoms with E-state index in [9.17, 15) is 13.9 Å². The maximum Gasteiger partial charge on any atom is 0.165 e. The molecule has 1 N–H and O–H groups in total. The molecule has 2 rings (SSSR count). The van der Waals surface area contributed by atoms with Crippen molar-refractivity contribution in [3.63, 3.8) is 0 Å². The van der Waals surface area contributed by atoms with Gasteiger partial charge in [-0.15, -0.1) is 0 Å². The molecule has 212 valence electrons. The van der Waals surface area contributed by atoms with Crippen molar-refractivity contribution >= 4 is 17.5 Å². The van der Waals surface area contributed by atoms with Gasteiger partial charge in [-0.25, -0.2) is 8.78 Å². The van der Waals surface area contributed by atoms with E-state index in [1.807, 2.05) is 55.4 Å². The van der Waals surface area contributed by atoms with Gasteiger partial charge in [-0.3, -0.25) is 10.0 Å². The van der Waals surface area contributed by atoms with Crippen molar-refractivity contribution in [1.82, 2.24) is 5.01 Å². The van der Waals surface area contributed by atoms with E-state index in [2.05, 4.69) is 37.1 Å². The van der Waals surface area contributed by atoms with Crippen LogP contribution in [0.1, 0.15) is 95.1 Å². The van der Waals surface area contributed by atoms with Crippen LogP contribution in [0.25, 0.3) is 5.57 Å². The fraction of sp³-hybridized carbons (Fsp3) is 0.484. The summed E-state index contributed by atoms with van der Waals surface area (Å²) in [4.78, 5) is 3.63. The first-order valence-electron chi connectivity index (χ1n) is 13.2. The predicted octanol–water partition coefficient (Wildman–Crippen LogP) is 9.75. The Hall–Kier alpha value is -2.86. The zero-order valence-corrected chi connectivity index (χ0v) is 25.5. The summed E-state index contributed by atoms with van der Waals surface area (Å²) < 4.78 is 25.6. The minimum absolute atomic E-state index is 0.296. The number of halogens is 2. The lowest BCUT2D eigenvalue weighted by Gasteiger charge is -2.30. The molecule has 1 aromatic rings. The first-order valence-corrected chi connectivity index (χ1v) is 13.2. The molecule has 1 unspecified atom stereocenters. The molecule has 0 aliphatic carbocycles. The summed E-state index contributed by atoms with van der Waals surface area (Å²) in [6, 6.07) is 6.27. The summed E-state index contributed by atoms with van der Waals surface area (Å²) in [6.45, 7) is 30.8. The fourth-order valence-electron chi connectivity index (χ4n) is 2.43. The first-order chi connectivity index (χ1) is 17.6. The molecule has 0 amide bonds. The van der Waals surface area contributed by atoms with Crippen molar-refractivity contribution in [2.24, 2.45) is 10.1 Å². The van der Waals surface area contributed by atoms with Crippen molar-refractivity contribution < 1.29 is 13.9 Å². The third-order valence-corrected chi connectivity index (χ3v) is 3.88. The van der Waals surface area contributed by atoms with Crippen molar-refractivity contribution in [3.8, 4) is 0 Å². The molecule has 0 fully saturated rings. The summed E-state index contributed by atoms with van der Waals surface area (Å²) in [5.41, 5.74) is 3.51. The lowest BCUT2D eigenvalue weighted by molar-refractivity contribution is 0.0410. The molecule has 0 aromatic heterocycles. The Balaban J connectivity index is -0.000000254. The minimum atomic E-state index is -0.806. The van der Waals surface area contributed by atoms with Crippen LogP contribution in [0.5, 0.6) is 0 Å². The van der Waals surface area contributed by atoms with E-state index in [0.29, 0.717) is 12.3 Å². The number of allylic oxidation sites excluding steroid dienone is 3. The highest BCUT2D eigenvalue weighted by molar-refractivity contribution is 6.11. The monoisotopic (exact) mass is 521 g/mol. The molecule has 1 atom stereocenters.